The number of allylic oxidation sites excluding steroid dienone is 3. The zero-order valence-corrected chi connectivity index (χ0v) is 12.2. The predicted molar refractivity (Wildman–Crippen MR) is 77.4 cm³/mol. The first-order valence-electron chi connectivity index (χ1n) is 5.90. The van der Waals surface area contributed by atoms with Crippen LogP contribution in [0.3, 0.4) is 0 Å². The monoisotopic (exact) mass is 240 g/mol. The summed E-state index contributed by atoms with van der Waals surface area (Å²) in [6.07, 6.45) is 4.32. The smallest absolute Gasteiger partial charge is 0.229 e. The molecule has 0 aliphatic rings. The van der Waals surface area contributed by atoms with Gasteiger partial charge in [0.2, 0.25) is 5.91 Å². The Morgan fingerprint density at radius 2 is 1.71 bits per heavy atom. The summed E-state index contributed by atoms with van der Waals surface area (Å²) in [6, 6.07) is 0. The summed E-state index contributed by atoms with van der Waals surface area (Å²) in [5.74, 6) is 0.0439. The van der Waals surface area contributed by atoms with E-state index in [1.54, 1.807) is 6.08 Å². The van der Waals surface area contributed by atoms with Crippen molar-refractivity contribution in [2.24, 2.45) is 5.41 Å². The molecular weight excluding hydrogens is 212 g/mol. The molecule has 0 radical (unpaired) electrons. The maximum Gasteiger partial charge on any atom is 0.229 e. The Hall–Kier alpha value is -1.38. The lowest BCUT2D eigenvalue weighted by atomic mass is 9.95. The number of hydrogen-bond acceptors (Lipinski definition) is 2. The summed E-state index contributed by atoms with van der Waals surface area (Å²) >= 11 is 0. The zero-order chi connectivity index (χ0) is 14.5. The highest BCUT2D eigenvalue weighted by molar-refractivity contribution is 5.82. The molecule has 0 saturated carbocycles. The van der Waals surface area contributed by atoms with Crippen molar-refractivity contribution in [1.82, 2.24) is 5.32 Å². The molecule has 0 spiro atoms. The Morgan fingerprint density at radius 3 is 1.94 bits per heavy atom. The fourth-order valence-electron chi connectivity index (χ4n) is 0.723. The number of amides is 1. The maximum atomic E-state index is 11.5. The summed E-state index contributed by atoms with van der Waals surface area (Å²) in [6.45, 7) is 17.8. The fraction of sp³-hybridized carbons (Fsp3) is 0.571. The van der Waals surface area contributed by atoms with Crippen LogP contribution < -0.4 is 5.32 Å². The van der Waals surface area contributed by atoms with Crippen molar-refractivity contribution >= 4 is 12.6 Å². The first-order valence-corrected chi connectivity index (χ1v) is 5.90. The molecular formula is C14H28N2O. The number of carbonyl (C=O) groups is 1. The minimum atomic E-state index is -0.338. The molecule has 0 saturated heterocycles. The van der Waals surface area contributed by atoms with Gasteiger partial charge in [-0.2, -0.15) is 0 Å². The topological polar surface area (TPSA) is 53.0 Å². The lowest BCUT2D eigenvalue weighted by Crippen LogP contribution is -2.34. The highest BCUT2D eigenvalue weighted by Crippen LogP contribution is 2.13. The van der Waals surface area contributed by atoms with Crippen molar-refractivity contribution in [3.05, 3.63) is 24.4 Å². The van der Waals surface area contributed by atoms with Gasteiger partial charge in [0.15, 0.2) is 0 Å². The second kappa shape index (κ2) is 12.7. The van der Waals surface area contributed by atoms with Crippen molar-refractivity contribution < 1.29 is 4.79 Å². The Labute approximate surface area is 107 Å². The van der Waals surface area contributed by atoms with Crippen molar-refractivity contribution in [3.8, 4) is 0 Å². The molecule has 0 aliphatic carbocycles. The molecule has 0 unspecified atom stereocenters. The third-order valence-electron chi connectivity index (χ3n) is 1.66. The number of rotatable bonds is 3. The largest absolute Gasteiger partial charge is 0.329 e. The molecule has 0 bridgehead atoms. The minimum Gasteiger partial charge on any atom is -0.329 e. The molecule has 1 amide bonds. The van der Waals surface area contributed by atoms with Gasteiger partial charge in [0.25, 0.3) is 0 Å². The molecule has 0 rings (SSSR count). The molecule has 3 heteroatoms. The highest BCUT2D eigenvalue weighted by Gasteiger charge is 2.21. The number of carbonyl (C=O) groups excluding carboxylic acids is 1. The SMILES string of the molecule is C=C/C=C(\CC)NC(=O)C(C)(C)C.C=N.CC. The molecule has 17 heavy (non-hydrogen) atoms. The van der Waals surface area contributed by atoms with Crippen LogP contribution >= 0.6 is 0 Å². The normalized spacial score (nSPS) is 10.1. The van der Waals surface area contributed by atoms with Crippen LogP contribution in [0.4, 0.5) is 0 Å². The molecule has 0 fully saturated rings. The van der Waals surface area contributed by atoms with E-state index in [0.29, 0.717) is 0 Å². The van der Waals surface area contributed by atoms with Crippen LogP contribution in [0.25, 0.3) is 0 Å². The number of hydrogen-bond donors (Lipinski definition) is 2. The number of nitrogens with one attached hydrogen (secondary N) is 2. The average molecular weight is 240 g/mol. The maximum absolute atomic E-state index is 11.5. The quantitative estimate of drug-likeness (QED) is 0.570. The van der Waals surface area contributed by atoms with Gasteiger partial charge in [0, 0.05) is 11.1 Å². The van der Waals surface area contributed by atoms with Gasteiger partial charge >= 0.3 is 0 Å². The third kappa shape index (κ3) is 12.6. The van der Waals surface area contributed by atoms with Gasteiger partial charge in [0.05, 0.1) is 0 Å². The van der Waals surface area contributed by atoms with Crippen molar-refractivity contribution in [2.45, 2.75) is 48.0 Å². The first kappa shape index (κ1) is 21.0. The molecule has 2 N–H and O–H groups in total. The van der Waals surface area contributed by atoms with Gasteiger partial charge in [0.1, 0.15) is 0 Å². The lowest BCUT2D eigenvalue weighted by molar-refractivity contribution is -0.127. The summed E-state index contributed by atoms with van der Waals surface area (Å²) in [7, 11) is 0. The van der Waals surface area contributed by atoms with E-state index in [1.165, 1.54) is 0 Å². The molecule has 0 aliphatic heterocycles. The Balaban J connectivity index is -0.000000439. The lowest BCUT2D eigenvalue weighted by Gasteiger charge is -2.18. The van der Waals surface area contributed by atoms with Crippen molar-refractivity contribution in [2.75, 3.05) is 0 Å². The summed E-state index contributed by atoms with van der Waals surface area (Å²) in [5, 5.41) is 8.36. The average Bonchev–Trinajstić information content (AvgIpc) is 2.32. The van der Waals surface area contributed by atoms with Crippen LogP contribution in [0.2, 0.25) is 0 Å². The molecule has 0 aromatic heterocycles. The molecule has 0 aromatic rings. The minimum absolute atomic E-state index is 0.0439. The van der Waals surface area contributed by atoms with Gasteiger partial charge in [-0.1, -0.05) is 54.2 Å². The fourth-order valence-corrected chi connectivity index (χ4v) is 0.723. The summed E-state index contributed by atoms with van der Waals surface area (Å²) in [4.78, 5) is 11.5. The molecule has 100 valence electrons. The van der Waals surface area contributed by atoms with E-state index < -0.39 is 0 Å². The van der Waals surface area contributed by atoms with Crippen LogP contribution in [0, 0.1) is 10.8 Å². The zero-order valence-electron chi connectivity index (χ0n) is 12.2. The van der Waals surface area contributed by atoms with Crippen LogP contribution in [0.5, 0.6) is 0 Å². The van der Waals surface area contributed by atoms with Gasteiger partial charge in [-0.15, -0.1) is 0 Å². The Morgan fingerprint density at radius 1 is 1.29 bits per heavy atom. The van der Waals surface area contributed by atoms with Crippen LogP contribution in [0.1, 0.15) is 48.0 Å². The van der Waals surface area contributed by atoms with Gasteiger partial charge in [-0.25, -0.2) is 0 Å². The third-order valence-corrected chi connectivity index (χ3v) is 1.66. The van der Waals surface area contributed by atoms with E-state index in [2.05, 4.69) is 18.6 Å². The van der Waals surface area contributed by atoms with E-state index >= 15 is 0 Å². The van der Waals surface area contributed by atoms with E-state index in [9.17, 15) is 4.79 Å². The summed E-state index contributed by atoms with van der Waals surface area (Å²) in [5.41, 5.74) is 0.574. The predicted octanol–water partition coefficient (Wildman–Crippen LogP) is 3.92. The molecule has 0 aromatic carbocycles. The van der Waals surface area contributed by atoms with E-state index in [0.717, 1.165) is 12.1 Å². The first-order chi connectivity index (χ1) is 7.91. The van der Waals surface area contributed by atoms with E-state index in [1.807, 2.05) is 47.6 Å². The van der Waals surface area contributed by atoms with Gasteiger partial charge in [-0.3, -0.25) is 4.79 Å². The van der Waals surface area contributed by atoms with Crippen LogP contribution in [-0.2, 0) is 4.79 Å². The highest BCUT2D eigenvalue weighted by atomic mass is 16.2. The molecule has 0 atom stereocenters. The summed E-state index contributed by atoms with van der Waals surface area (Å²) < 4.78 is 0. The van der Waals surface area contributed by atoms with E-state index in [-0.39, 0.29) is 11.3 Å². The Kier molecular flexibility index (Phi) is 15.6. The molecule has 3 nitrogen and oxygen atoms in total. The van der Waals surface area contributed by atoms with Gasteiger partial charge in [-0.05, 0) is 19.2 Å². The van der Waals surface area contributed by atoms with Crippen LogP contribution in [-0.4, -0.2) is 12.6 Å². The molecule has 0 heterocycles. The second-order valence-electron chi connectivity index (χ2n) is 3.99. The standard InChI is InChI=1S/C11H19NO.C2H6.CH3N/c1-6-8-9(7-2)12-10(13)11(3,4)5;2*1-2/h6,8H,1,7H2,2-5H3,(H,12,13);1-2H3;2H,1H2/b9-8+;;. The van der Waals surface area contributed by atoms with E-state index in [4.69, 9.17) is 5.41 Å². The van der Waals surface area contributed by atoms with Crippen molar-refractivity contribution in [3.63, 3.8) is 0 Å². The van der Waals surface area contributed by atoms with Crippen molar-refractivity contribution in [1.29, 1.82) is 5.41 Å². The van der Waals surface area contributed by atoms with Crippen LogP contribution in [0.15, 0.2) is 24.4 Å². The Bertz CT molecular complexity index is 237. The second-order valence-corrected chi connectivity index (χ2v) is 3.99. The van der Waals surface area contributed by atoms with Gasteiger partial charge < -0.3 is 10.7 Å².